The molecule has 0 saturated carbocycles. The number of carbonyl (C=O) groups is 4. The zero-order chi connectivity index (χ0) is 27.4. The first-order valence-corrected chi connectivity index (χ1v) is 12.4. The quantitative estimate of drug-likeness (QED) is 0.318. The maximum Gasteiger partial charge on any atom is 0.328 e. The lowest BCUT2D eigenvalue weighted by molar-refractivity contribution is -0.145. The Morgan fingerprint density at radius 3 is 2.16 bits per heavy atom. The van der Waals surface area contributed by atoms with Gasteiger partial charge in [-0.2, -0.15) is 0 Å². The van der Waals surface area contributed by atoms with Crippen LogP contribution >= 0.6 is 0 Å². The Hall–Kier alpha value is -4.34. The number of H-pyrrole nitrogens is 1. The minimum absolute atomic E-state index is 0.193. The Kier molecular flexibility index (Phi) is 7.99. The van der Waals surface area contributed by atoms with Crippen LogP contribution in [0.1, 0.15) is 49.0 Å². The second-order valence-electron chi connectivity index (χ2n) is 9.37. The molecule has 0 bridgehead atoms. The van der Waals surface area contributed by atoms with Crippen molar-refractivity contribution in [2.75, 3.05) is 19.5 Å². The van der Waals surface area contributed by atoms with Crippen LogP contribution < -0.4 is 16.0 Å². The molecule has 2 heterocycles. The van der Waals surface area contributed by atoms with Gasteiger partial charge < -0.3 is 30.4 Å². The number of nitrogens with one attached hydrogen (secondary N) is 4. The van der Waals surface area contributed by atoms with Crippen LogP contribution in [0.5, 0.6) is 0 Å². The summed E-state index contributed by atoms with van der Waals surface area (Å²) in [5, 5.41) is 9.90. The summed E-state index contributed by atoms with van der Waals surface area (Å²) < 4.78 is 9.95. The van der Waals surface area contributed by atoms with Gasteiger partial charge in [0.15, 0.2) is 0 Å². The molecule has 38 heavy (non-hydrogen) atoms. The molecule has 10 heteroatoms. The van der Waals surface area contributed by atoms with E-state index in [1.54, 1.807) is 0 Å². The Balaban J connectivity index is 1.81. The van der Waals surface area contributed by atoms with E-state index in [1.165, 1.54) is 28.1 Å². The number of aromatic amines is 1. The molecule has 10 nitrogen and oxygen atoms in total. The molecule has 1 aromatic heterocycles. The second kappa shape index (κ2) is 11.4. The number of amides is 2. The van der Waals surface area contributed by atoms with Crippen molar-refractivity contribution in [1.82, 2.24) is 15.6 Å². The molecule has 0 radical (unpaired) electrons. The van der Waals surface area contributed by atoms with Crippen LogP contribution in [-0.2, 0) is 35.1 Å². The zero-order valence-corrected chi connectivity index (χ0v) is 21.8. The van der Waals surface area contributed by atoms with Crippen molar-refractivity contribution in [3.8, 4) is 0 Å². The monoisotopic (exact) mass is 520 g/mol. The summed E-state index contributed by atoms with van der Waals surface area (Å²) in [5.41, 5.74) is 4.43. The molecular formula is C28H32N4O6. The standard InChI is InChI=1S/C28H32N4O6/c1-15(33)29-23(27(35)37-3)13-19-17-9-5-7-11-21(17)31-25(19)26-20(18-10-6-8-12-22(18)32-26)14-24(28(36)38-4)30-16(2)34/h5-12,19,23-25,31-32H,13-14H2,1-4H3,(H,29,33)(H,30,34)/t19?,23-,24-,25?/m0/s1. The van der Waals surface area contributed by atoms with E-state index < -0.39 is 24.0 Å². The number of aromatic nitrogens is 1. The van der Waals surface area contributed by atoms with E-state index in [9.17, 15) is 19.2 Å². The molecule has 2 amide bonds. The van der Waals surface area contributed by atoms with Crippen LogP contribution in [0.3, 0.4) is 0 Å². The van der Waals surface area contributed by atoms with E-state index in [4.69, 9.17) is 9.47 Å². The molecule has 1 aliphatic rings. The fourth-order valence-corrected chi connectivity index (χ4v) is 5.28. The van der Waals surface area contributed by atoms with E-state index in [0.717, 1.165) is 33.4 Å². The van der Waals surface area contributed by atoms with Gasteiger partial charge in [0, 0.05) is 48.5 Å². The van der Waals surface area contributed by atoms with Crippen LogP contribution in [0.25, 0.3) is 10.9 Å². The highest BCUT2D eigenvalue weighted by atomic mass is 16.5. The number of ether oxygens (including phenoxy) is 2. The largest absolute Gasteiger partial charge is 0.467 e. The molecule has 1 aliphatic heterocycles. The third-order valence-corrected chi connectivity index (χ3v) is 6.86. The molecule has 3 aromatic rings. The average molecular weight is 521 g/mol. The number of para-hydroxylation sites is 2. The van der Waals surface area contributed by atoms with Crippen LogP contribution in [0.4, 0.5) is 5.69 Å². The highest BCUT2D eigenvalue weighted by Gasteiger charge is 2.39. The molecular weight excluding hydrogens is 488 g/mol. The van der Waals surface area contributed by atoms with Crippen LogP contribution in [0.15, 0.2) is 48.5 Å². The van der Waals surface area contributed by atoms with E-state index in [-0.39, 0.29) is 36.6 Å². The summed E-state index contributed by atoms with van der Waals surface area (Å²) in [6.45, 7) is 2.71. The Morgan fingerprint density at radius 1 is 0.868 bits per heavy atom. The molecule has 0 aliphatic carbocycles. The molecule has 0 spiro atoms. The Morgan fingerprint density at radius 2 is 1.47 bits per heavy atom. The minimum Gasteiger partial charge on any atom is -0.467 e. The van der Waals surface area contributed by atoms with Crippen molar-refractivity contribution < 1.29 is 28.7 Å². The first kappa shape index (κ1) is 26.7. The van der Waals surface area contributed by atoms with Crippen LogP contribution in [0, 0.1) is 0 Å². The van der Waals surface area contributed by atoms with E-state index >= 15 is 0 Å². The number of methoxy groups -OCH3 is 2. The predicted molar refractivity (Wildman–Crippen MR) is 141 cm³/mol. The van der Waals surface area contributed by atoms with E-state index in [2.05, 4.69) is 20.9 Å². The van der Waals surface area contributed by atoms with Crippen LogP contribution in [0.2, 0.25) is 0 Å². The second-order valence-corrected chi connectivity index (χ2v) is 9.37. The van der Waals surface area contributed by atoms with Gasteiger partial charge in [-0.25, -0.2) is 9.59 Å². The first-order valence-electron chi connectivity index (χ1n) is 12.4. The number of rotatable bonds is 9. The van der Waals surface area contributed by atoms with Gasteiger partial charge in [-0.3, -0.25) is 9.59 Å². The molecule has 4 N–H and O–H groups in total. The number of anilines is 1. The summed E-state index contributed by atoms with van der Waals surface area (Å²) in [5.74, 6) is -1.99. The SMILES string of the molecule is COC(=O)[C@H](Cc1c(C2Nc3ccccc3C2C[C@H](NC(C)=O)C(=O)OC)[nH]c2ccccc12)NC(C)=O. The number of hydrogen-bond donors (Lipinski definition) is 4. The number of fused-ring (bicyclic) bond motifs is 2. The smallest absolute Gasteiger partial charge is 0.328 e. The third kappa shape index (κ3) is 5.49. The predicted octanol–water partition coefficient (Wildman–Crippen LogP) is 2.71. The normalized spacial score (nSPS) is 17.6. The highest BCUT2D eigenvalue weighted by Crippen LogP contribution is 2.48. The van der Waals surface area contributed by atoms with Gasteiger partial charge in [0.25, 0.3) is 0 Å². The van der Waals surface area contributed by atoms with Gasteiger partial charge in [0.05, 0.1) is 20.3 Å². The van der Waals surface area contributed by atoms with Gasteiger partial charge in [0.1, 0.15) is 12.1 Å². The van der Waals surface area contributed by atoms with Crippen molar-refractivity contribution in [3.63, 3.8) is 0 Å². The van der Waals surface area contributed by atoms with E-state index in [0.29, 0.717) is 0 Å². The number of benzene rings is 2. The molecule has 4 rings (SSSR count). The molecule has 2 unspecified atom stereocenters. The maximum absolute atomic E-state index is 12.6. The summed E-state index contributed by atoms with van der Waals surface area (Å²) in [4.78, 5) is 52.5. The van der Waals surface area contributed by atoms with Gasteiger partial charge in [-0.15, -0.1) is 0 Å². The lowest BCUT2D eigenvalue weighted by Gasteiger charge is -2.26. The molecule has 4 atom stereocenters. The average Bonchev–Trinajstić information content (AvgIpc) is 3.44. The molecule has 0 saturated heterocycles. The van der Waals surface area contributed by atoms with E-state index in [1.807, 2.05) is 48.5 Å². The molecule has 200 valence electrons. The fraction of sp³-hybridized carbons (Fsp3) is 0.357. The summed E-state index contributed by atoms with van der Waals surface area (Å²) >= 11 is 0. The van der Waals surface area contributed by atoms with Crippen LogP contribution in [-0.4, -0.2) is 55.0 Å². The van der Waals surface area contributed by atoms with Gasteiger partial charge in [-0.05, 0) is 29.7 Å². The maximum atomic E-state index is 12.6. The topological polar surface area (TPSA) is 139 Å². The minimum atomic E-state index is -0.889. The van der Waals surface area contributed by atoms with Gasteiger partial charge in [0.2, 0.25) is 11.8 Å². The molecule has 0 fully saturated rings. The van der Waals surface area contributed by atoms with Gasteiger partial charge >= 0.3 is 11.9 Å². The summed E-state index contributed by atoms with van der Waals surface area (Å²) in [7, 11) is 2.58. The third-order valence-electron chi connectivity index (χ3n) is 6.86. The first-order chi connectivity index (χ1) is 18.2. The summed E-state index contributed by atoms with van der Waals surface area (Å²) in [6.07, 6.45) is 0.473. The van der Waals surface area contributed by atoms with Crippen molar-refractivity contribution in [3.05, 3.63) is 65.4 Å². The number of esters is 2. The Bertz CT molecular complexity index is 1370. The fourth-order valence-electron chi connectivity index (χ4n) is 5.28. The number of carbonyl (C=O) groups excluding carboxylic acids is 4. The molecule has 2 aromatic carbocycles. The summed E-state index contributed by atoms with van der Waals surface area (Å²) in [6, 6.07) is 13.5. The van der Waals surface area contributed by atoms with Crippen molar-refractivity contribution in [2.45, 2.75) is 50.7 Å². The highest BCUT2D eigenvalue weighted by molar-refractivity contribution is 5.88. The van der Waals surface area contributed by atoms with Crippen molar-refractivity contribution in [2.24, 2.45) is 0 Å². The van der Waals surface area contributed by atoms with Crippen molar-refractivity contribution in [1.29, 1.82) is 0 Å². The van der Waals surface area contributed by atoms with Gasteiger partial charge in [-0.1, -0.05) is 36.4 Å². The lowest BCUT2D eigenvalue weighted by atomic mass is 9.85. The Labute approximate surface area is 220 Å². The number of hydrogen-bond acceptors (Lipinski definition) is 7. The lowest BCUT2D eigenvalue weighted by Crippen LogP contribution is -2.42. The zero-order valence-electron chi connectivity index (χ0n) is 21.8. The van der Waals surface area contributed by atoms with Crippen molar-refractivity contribution >= 4 is 40.3 Å².